The molecule has 0 atom stereocenters. The number of nitro groups is 2. The summed E-state index contributed by atoms with van der Waals surface area (Å²) in [4.78, 5) is 32.0. The number of non-ortho nitro benzene ring substituents is 1. The summed E-state index contributed by atoms with van der Waals surface area (Å²) in [7, 11) is 0. The van der Waals surface area contributed by atoms with Crippen LogP contribution >= 0.6 is 0 Å². The zero-order valence-electron chi connectivity index (χ0n) is 11.7. The van der Waals surface area contributed by atoms with Crippen LogP contribution in [0.2, 0.25) is 0 Å². The maximum Gasteiger partial charge on any atom is 0.338 e. The van der Waals surface area contributed by atoms with Gasteiger partial charge in [0, 0.05) is 18.2 Å². The van der Waals surface area contributed by atoms with Gasteiger partial charge >= 0.3 is 5.97 Å². The van der Waals surface area contributed by atoms with Crippen molar-refractivity contribution in [2.24, 2.45) is 0 Å². The molecule has 2 aromatic carbocycles. The van der Waals surface area contributed by atoms with Gasteiger partial charge in [-0.15, -0.1) is 0 Å². The summed E-state index contributed by atoms with van der Waals surface area (Å²) in [5, 5.41) is 21.3. The number of nitro benzene ring substituents is 2. The normalized spacial score (nSPS) is 10.1. The Balaban J connectivity index is 2.06. The topological polar surface area (TPSA) is 139 Å². The van der Waals surface area contributed by atoms with Crippen molar-refractivity contribution in [2.45, 2.75) is 6.61 Å². The molecular weight excluding hydrogens is 306 g/mol. The number of rotatable bonds is 5. The number of anilines is 1. The van der Waals surface area contributed by atoms with Crippen LogP contribution in [0.3, 0.4) is 0 Å². The quantitative estimate of drug-likeness (QED) is 0.386. The van der Waals surface area contributed by atoms with Crippen molar-refractivity contribution in [3.8, 4) is 0 Å². The molecule has 0 heterocycles. The van der Waals surface area contributed by atoms with Crippen LogP contribution < -0.4 is 5.73 Å². The second kappa shape index (κ2) is 6.52. The van der Waals surface area contributed by atoms with E-state index < -0.39 is 15.8 Å². The lowest BCUT2D eigenvalue weighted by Gasteiger charge is -2.05. The van der Waals surface area contributed by atoms with E-state index in [-0.39, 0.29) is 29.2 Å². The molecule has 0 aliphatic heterocycles. The molecule has 2 N–H and O–H groups in total. The van der Waals surface area contributed by atoms with E-state index in [1.165, 1.54) is 36.4 Å². The summed E-state index contributed by atoms with van der Waals surface area (Å²) in [5.74, 6) is -0.758. The van der Waals surface area contributed by atoms with E-state index in [0.29, 0.717) is 5.56 Å². The van der Waals surface area contributed by atoms with Crippen molar-refractivity contribution in [3.05, 3.63) is 73.8 Å². The van der Waals surface area contributed by atoms with Crippen LogP contribution in [0.5, 0.6) is 0 Å². The van der Waals surface area contributed by atoms with Crippen LogP contribution in [0.4, 0.5) is 17.1 Å². The molecule has 0 radical (unpaired) electrons. The van der Waals surface area contributed by atoms with Crippen LogP contribution in [0.1, 0.15) is 15.9 Å². The van der Waals surface area contributed by atoms with Crippen molar-refractivity contribution in [2.75, 3.05) is 5.73 Å². The highest BCUT2D eigenvalue weighted by atomic mass is 16.6. The van der Waals surface area contributed by atoms with Gasteiger partial charge in [0.05, 0.1) is 15.4 Å². The molecule has 0 fully saturated rings. The number of hydrogen-bond acceptors (Lipinski definition) is 7. The molecular formula is C14H11N3O6. The first-order valence-corrected chi connectivity index (χ1v) is 6.33. The monoisotopic (exact) mass is 317 g/mol. The predicted octanol–water partition coefficient (Wildman–Crippen LogP) is 2.44. The van der Waals surface area contributed by atoms with E-state index in [9.17, 15) is 25.0 Å². The molecule has 118 valence electrons. The molecule has 0 saturated heterocycles. The third-order valence-corrected chi connectivity index (χ3v) is 2.98. The average molecular weight is 317 g/mol. The molecule has 0 aliphatic rings. The van der Waals surface area contributed by atoms with Gasteiger partial charge in [-0.25, -0.2) is 4.79 Å². The Bertz CT molecular complexity index is 773. The van der Waals surface area contributed by atoms with Crippen molar-refractivity contribution in [3.63, 3.8) is 0 Å². The fraction of sp³-hybridized carbons (Fsp3) is 0.0714. The lowest BCUT2D eigenvalue weighted by Crippen LogP contribution is -2.07. The van der Waals surface area contributed by atoms with Gasteiger partial charge in [0.2, 0.25) is 0 Å². The highest BCUT2D eigenvalue weighted by molar-refractivity contribution is 5.91. The Morgan fingerprint density at radius 1 is 1.04 bits per heavy atom. The summed E-state index contributed by atoms with van der Waals surface area (Å²) in [6, 6.07) is 9.09. The molecule has 0 aromatic heterocycles. The predicted molar refractivity (Wildman–Crippen MR) is 79.7 cm³/mol. The number of nitrogen functional groups attached to an aromatic ring is 1. The van der Waals surface area contributed by atoms with Gasteiger partial charge in [0.1, 0.15) is 12.3 Å². The Morgan fingerprint density at radius 2 is 1.70 bits per heavy atom. The standard InChI is InChI=1S/C14H11N3O6/c15-12-6-3-10(7-13(12)17(21)22)14(18)23-8-9-1-4-11(5-2-9)16(19)20/h1-7H,8,15H2. The van der Waals surface area contributed by atoms with Crippen molar-refractivity contribution in [1.29, 1.82) is 0 Å². The summed E-state index contributed by atoms with van der Waals surface area (Å²) < 4.78 is 5.02. The van der Waals surface area contributed by atoms with Gasteiger partial charge in [0.15, 0.2) is 0 Å². The van der Waals surface area contributed by atoms with Crippen molar-refractivity contribution >= 4 is 23.0 Å². The van der Waals surface area contributed by atoms with Crippen molar-refractivity contribution < 1.29 is 19.4 Å². The van der Waals surface area contributed by atoms with E-state index >= 15 is 0 Å². The minimum absolute atomic E-state index is 0.00666. The minimum Gasteiger partial charge on any atom is -0.457 e. The van der Waals surface area contributed by atoms with E-state index in [0.717, 1.165) is 6.07 Å². The number of carbonyl (C=O) groups excluding carboxylic acids is 1. The molecule has 0 bridgehead atoms. The minimum atomic E-state index is -0.758. The van der Waals surface area contributed by atoms with Crippen LogP contribution in [0.15, 0.2) is 42.5 Å². The first-order valence-electron chi connectivity index (χ1n) is 6.33. The molecule has 0 unspecified atom stereocenters. The molecule has 0 amide bonds. The summed E-state index contributed by atoms with van der Waals surface area (Å²) in [6.45, 7) is -0.116. The van der Waals surface area contributed by atoms with Gasteiger partial charge < -0.3 is 10.5 Å². The Labute approximate surface area is 129 Å². The maximum atomic E-state index is 11.9. The van der Waals surface area contributed by atoms with E-state index in [2.05, 4.69) is 0 Å². The molecule has 0 spiro atoms. The van der Waals surface area contributed by atoms with Gasteiger partial charge in [-0.05, 0) is 29.8 Å². The smallest absolute Gasteiger partial charge is 0.338 e. The highest BCUT2D eigenvalue weighted by Gasteiger charge is 2.16. The largest absolute Gasteiger partial charge is 0.457 e. The number of benzene rings is 2. The molecule has 0 saturated carbocycles. The third-order valence-electron chi connectivity index (χ3n) is 2.98. The number of carbonyl (C=O) groups is 1. The lowest BCUT2D eigenvalue weighted by molar-refractivity contribution is -0.384. The molecule has 23 heavy (non-hydrogen) atoms. The molecule has 9 nitrogen and oxygen atoms in total. The number of hydrogen-bond donors (Lipinski definition) is 1. The number of esters is 1. The third kappa shape index (κ3) is 3.79. The summed E-state index contributed by atoms with van der Waals surface area (Å²) >= 11 is 0. The number of nitrogens with two attached hydrogens (primary N) is 1. The van der Waals surface area contributed by atoms with Crippen molar-refractivity contribution in [1.82, 2.24) is 0 Å². The summed E-state index contributed by atoms with van der Waals surface area (Å²) in [6.07, 6.45) is 0. The molecule has 2 aromatic rings. The molecule has 2 rings (SSSR count). The first kappa shape index (κ1) is 15.9. The van der Waals surface area contributed by atoms with E-state index in [1.807, 2.05) is 0 Å². The second-order valence-electron chi connectivity index (χ2n) is 4.53. The van der Waals surface area contributed by atoms with E-state index in [4.69, 9.17) is 10.5 Å². The van der Waals surface area contributed by atoms with Crippen LogP contribution in [0.25, 0.3) is 0 Å². The zero-order chi connectivity index (χ0) is 17.0. The van der Waals surface area contributed by atoms with Crippen LogP contribution in [-0.2, 0) is 11.3 Å². The van der Waals surface area contributed by atoms with Crippen LogP contribution in [0, 0.1) is 20.2 Å². The SMILES string of the molecule is Nc1ccc(C(=O)OCc2ccc([N+](=O)[O-])cc2)cc1[N+](=O)[O-]. The summed E-state index contributed by atoms with van der Waals surface area (Å²) in [5.41, 5.74) is 5.48. The van der Waals surface area contributed by atoms with E-state index in [1.54, 1.807) is 0 Å². The zero-order valence-corrected chi connectivity index (χ0v) is 11.7. The Kier molecular flexibility index (Phi) is 4.50. The lowest BCUT2D eigenvalue weighted by atomic mass is 10.1. The second-order valence-corrected chi connectivity index (χ2v) is 4.53. The molecule has 0 aliphatic carbocycles. The maximum absolute atomic E-state index is 11.9. The van der Waals surface area contributed by atoms with Gasteiger partial charge in [-0.3, -0.25) is 20.2 Å². The fourth-order valence-corrected chi connectivity index (χ4v) is 1.77. The van der Waals surface area contributed by atoms with Gasteiger partial charge in [-0.2, -0.15) is 0 Å². The first-order chi connectivity index (χ1) is 10.9. The van der Waals surface area contributed by atoms with Gasteiger partial charge in [0.25, 0.3) is 11.4 Å². The molecule has 9 heteroatoms. The Hall–Kier alpha value is -3.49. The van der Waals surface area contributed by atoms with Gasteiger partial charge in [-0.1, -0.05) is 0 Å². The highest BCUT2D eigenvalue weighted by Crippen LogP contribution is 2.23. The van der Waals surface area contributed by atoms with Crippen LogP contribution in [-0.4, -0.2) is 15.8 Å². The fourth-order valence-electron chi connectivity index (χ4n) is 1.77. The number of nitrogens with zero attached hydrogens (tertiary/aromatic N) is 2. The average Bonchev–Trinajstić information content (AvgIpc) is 2.53. The Morgan fingerprint density at radius 3 is 2.26 bits per heavy atom. The number of ether oxygens (including phenoxy) is 1.